The minimum atomic E-state index is -0.107. The first-order valence-electron chi connectivity index (χ1n) is 6.03. The Morgan fingerprint density at radius 2 is 1.78 bits per heavy atom. The topological polar surface area (TPSA) is 67.4 Å². The van der Waals surface area contributed by atoms with E-state index in [1.807, 2.05) is 13.8 Å². The number of carbonyl (C=O) groups is 1. The number of rotatable bonds is 2. The number of nitrogens with zero attached hydrogens (tertiary/aromatic N) is 3. The van der Waals surface area contributed by atoms with E-state index < -0.39 is 0 Å². The molecule has 1 aliphatic rings. The molecule has 1 saturated heterocycles. The fourth-order valence-corrected chi connectivity index (χ4v) is 1.96. The summed E-state index contributed by atoms with van der Waals surface area (Å²) in [6, 6.07) is 0. The van der Waals surface area contributed by atoms with E-state index in [9.17, 15) is 4.79 Å². The molecule has 0 spiro atoms. The Hall–Kier alpha value is -1.69. The van der Waals surface area contributed by atoms with Crippen LogP contribution in [-0.4, -0.2) is 42.2 Å². The summed E-state index contributed by atoms with van der Waals surface area (Å²) in [5.74, 6) is 0.603. The molecule has 2 rings (SSSR count). The molecule has 0 radical (unpaired) electrons. The van der Waals surface area contributed by atoms with Gasteiger partial charge >= 0.3 is 0 Å². The van der Waals surface area contributed by atoms with Crippen LogP contribution in [-0.2, 0) is 9.53 Å². The lowest BCUT2D eigenvalue weighted by molar-refractivity contribution is -0.114. The van der Waals surface area contributed by atoms with Gasteiger partial charge in [0.1, 0.15) is 0 Å². The van der Waals surface area contributed by atoms with Crippen molar-refractivity contribution in [2.75, 3.05) is 36.5 Å². The Balaban J connectivity index is 2.26. The number of anilines is 2. The Morgan fingerprint density at radius 3 is 2.28 bits per heavy atom. The summed E-state index contributed by atoms with van der Waals surface area (Å²) in [4.78, 5) is 22.1. The molecule has 0 aliphatic carbocycles. The maximum absolute atomic E-state index is 11.1. The zero-order valence-corrected chi connectivity index (χ0v) is 11.0. The van der Waals surface area contributed by atoms with E-state index in [2.05, 4.69) is 20.2 Å². The van der Waals surface area contributed by atoms with Crippen molar-refractivity contribution in [3.05, 3.63) is 11.4 Å². The SMILES string of the molecule is CC(=O)Nc1c(C)nc(N2CCOCC2)nc1C. The molecule has 0 bridgehead atoms. The maximum atomic E-state index is 11.1. The quantitative estimate of drug-likeness (QED) is 0.844. The fraction of sp³-hybridized carbons (Fsp3) is 0.583. The molecule has 2 heterocycles. The van der Waals surface area contributed by atoms with Crippen LogP contribution >= 0.6 is 0 Å². The number of carbonyl (C=O) groups excluding carboxylic acids is 1. The van der Waals surface area contributed by atoms with Gasteiger partial charge in [-0.1, -0.05) is 0 Å². The molecule has 1 N–H and O–H groups in total. The summed E-state index contributed by atoms with van der Waals surface area (Å²) >= 11 is 0. The maximum Gasteiger partial charge on any atom is 0.226 e. The van der Waals surface area contributed by atoms with Gasteiger partial charge in [0.15, 0.2) is 0 Å². The Labute approximate surface area is 106 Å². The monoisotopic (exact) mass is 250 g/mol. The number of aromatic nitrogens is 2. The highest BCUT2D eigenvalue weighted by molar-refractivity contribution is 5.89. The second-order valence-corrected chi connectivity index (χ2v) is 4.35. The number of morpholine rings is 1. The van der Waals surface area contributed by atoms with E-state index in [-0.39, 0.29) is 5.91 Å². The summed E-state index contributed by atoms with van der Waals surface area (Å²) in [5, 5.41) is 2.76. The highest BCUT2D eigenvalue weighted by Crippen LogP contribution is 2.20. The van der Waals surface area contributed by atoms with Crippen molar-refractivity contribution in [3.63, 3.8) is 0 Å². The zero-order chi connectivity index (χ0) is 13.1. The minimum absolute atomic E-state index is 0.107. The lowest BCUT2D eigenvalue weighted by Gasteiger charge is -2.27. The summed E-state index contributed by atoms with van der Waals surface area (Å²) in [6.45, 7) is 8.25. The van der Waals surface area contributed by atoms with E-state index in [1.165, 1.54) is 6.92 Å². The van der Waals surface area contributed by atoms with Crippen molar-refractivity contribution in [1.82, 2.24) is 9.97 Å². The molecular weight excluding hydrogens is 232 g/mol. The third-order valence-electron chi connectivity index (χ3n) is 2.85. The normalized spacial score (nSPS) is 15.6. The highest BCUT2D eigenvalue weighted by Gasteiger charge is 2.16. The minimum Gasteiger partial charge on any atom is -0.378 e. The van der Waals surface area contributed by atoms with Crippen LogP contribution in [0.25, 0.3) is 0 Å². The van der Waals surface area contributed by atoms with Crippen molar-refractivity contribution in [1.29, 1.82) is 0 Å². The first-order valence-corrected chi connectivity index (χ1v) is 6.03. The third-order valence-corrected chi connectivity index (χ3v) is 2.85. The van der Waals surface area contributed by atoms with Crippen LogP contribution < -0.4 is 10.2 Å². The number of amides is 1. The lowest BCUT2D eigenvalue weighted by atomic mass is 10.3. The largest absolute Gasteiger partial charge is 0.378 e. The summed E-state index contributed by atoms with van der Waals surface area (Å²) in [5.41, 5.74) is 2.29. The Bertz CT molecular complexity index is 432. The van der Waals surface area contributed by atoms with Crippen molar-refractivity contribution >= 4 is 17.5 Å². The van der Waals surface area contributed by atoms with Gasteiger partial charge < -0.3 is 15.0 Å². The first-order chi connectivity index (χ1) is 8.58. The van der Waals surface area contributed by atoms with Crippen LogP contribution in [0.5, 0.6) is 0 Å². The van der Waals surface area contributed by atoms with Gasteiger partial charge in [-0.25, -0.2) is 9.97 Å². The standard InChI is InChI=1S/C12H18N4O2/c1-8-11(15-10(3)17)9(2)14-12(13-8)16-4-6-18-7-5-16/h4-7H2,1-3H3,(H,15,17). The fourth-order valence-electron chi connectivity index (χ4n) is 1.96. The number of aryl methyl sites for hydroxylation is 2. The summed E-state index contributed by atoms with van der Waals surface area (Å²) in [6.07, 6.45) is 0. The van der Waals surface area contributed by atoms with Crippen LogP contribution in [0.4, 0.5) is 11.6 Å². The Morgan fingerprint density at radius 1 is 1.22 bits per heavy atom. The van der Waals surface area contributed by atoms with Crippen molar-refractivity contribution in [2.45, 2.75) is 20.8 Å². The molecule has 0 unspecified atom stereocenters. The van der Waals surface area contributed by atoms with Gasteiger partial charge in [-0.15, -0.1) is 0 Å². The van der Waals surface area contributed by atoms with Gasteiger partial charge in [0.2, 0.25) is 11.9 Å². The van der Waals surface area contributed by atoms with E-state index in [4.69, 9.17) is 4.74 Å². The van der Waals surface area contributed by atoms with Gasteiger partial charge in [-0.3, -0.25) is 4.79 Å². The molecule has 6 heteroatoms. The van der Waals surface area contributed by atoms with Crippen molar-refractivity contribution < 1.29 is 9.53 Å². The molecule has 0 atom stereocenters. The molecule has 1 amide bonds. The van der Waals surface area contributed by atoms with Gasteiger partial charge in [-0.2, -0.15) is 0 Å². The second-order valence-electron chi connectivity index (χ2n) is 4.35. The molecule has 18 heavy (non-hydrogen) atoms. The number of ether oxygens (including phenoxy) is 1. The molecule has 1 aromatic rings. The molecule has 0 aromatic carbocycles. The van der Waals surface area contributed by atoms with Gasteiger partial charge in [0.05, 0.1) is 30.3 Å². The van der Waals surface area contributed by atoms with Crippen LogP contribution in [0.3, 0.4) is 0 Å². The molecule has 1 aromatic heterocycles. The average Bonchev–Trinajstić information content (AvgIpc) is 2.34. The second kappa shape index (κ2) is 5.30. The summed E-state index contributed by atoms with van der Waals surface area (Å²) < 4.78 is 5.30. The van der Waals surface area contributed by atoms with Crippen molar-refractivity contribution in [2.24, 2.45) is 0 Å². The van der Waals surface area contributed by atoms with Gasteiger partial charge in [0, 0.05) is 20.0 Å². The zero-order valence-electron chi connectivity index (χ0n) is 11.0. The van der Waals surface area contributed by atoms with E-state index in [1.54, 1.807) is 0 Å². The smallest absolute Gasteiger partial charge is 0.226 e. The third kappa shape index (κ3) is 2.76. The number of hydrogen-bond acceptors (Lipinski definition) is 5. The van der Waals surface area contributed by atoms with Crippen molar-refractivity contribution in [3.8, 4) is 0 Å². The van der Waals surface area contributed by atoms with Crippen LogP contribution in [0.15, 0.2) is 0 Å². The molecule has 1 fully saturated rings. The van der Waals surface area contributed by atoms with E-state index in [0.29, 0.717) is 24.8 Å². The first kappa shape index (κ1) is 12.8. The Kier molecular flexibility index (Phi) is 3.76. The summed E-state index contributed by atoms with van der Waals surface area (Å²) in [7, 11) is 0. The predicted octanol–water partition coefficient (Wildman–Crippen LogP) is 0.888. The predicted molar refractivity (Wildman–Crippen MR) is 68.8 cm³/mol. The number of hydrogen-bond donors (Lipinski definition) is 1. The molecule has 6 nitrogen and oxygen atoms in total. The van der Waals surface area contributed by atoms with Crippen LogP contribution in [0.2, 0.25) is 0 Å². The number of nitrogens with one attached hydrogen (secondary N) is 1. The van der Waals surface area contributed by atoms with Gasteiger partial charge in [-0.05, 0) is 13.8 Å². The molecule has 1 aliphatic heterocycles. The van der Waals surface area contributed by atoms with Crippen LogP contribution in [0, 0.1) is 13.8 Å². The lowest BCUT2D eigenvalue weighted by Crippen LogP contribution is -2.37. The highest BCUT2D eigenvalue weighted by atomic mass is 16.5. The van der Waals surface area contributed by atoms with E-state index >= 15 is 0 Å². The molecular formula is C12H18N4O2. The molecule has 98 valence electrons. The van der Waals surface area contributed by atoms with E-state index in [0.717, 1.165) is 24.5 Å². The average molecular weight is 250 g/mol. The van der Waals surface area contributed by atoms with Crippen LogP contribution in [0.1, 0.15) is 18.3 Å². The van der Waals surface area contributed by atoms with Gasteiger partial charge in [0.25, 0.3) is 0 Å². The molecule has 0 saturated carbocycles.